The molecule has 2 aromatic rings. The lowest BCUT2D eigenvalue weighted by atomic mass is 10.1. The van der Waals surface area contributed by atoms with E-state index in [-0.39, 0.29) is 11.9 Å². The summed E-state index contributed by atoms with van der Waals surface area (Å²) >= 11 is 1.61. The maximum atomic E-state index is 12.2. The number of nitrogens with zero attached hydrogens (tertiary/aromatic N) is 3. The highest BCUT2D eigenvalue weighted by molar-refractivity contribution is 7.10. The van der Waals surface area contributed by atoms with Crippen LogP contribution in [0.3, 0.4) is 0 Å². The molecule has 0 saturated carbocycles. The summed E-state index contributed by atoms with van der Waals surface area (Å²) in [5.74, 6) is 0.414. The first-order valence-electron chi connectivity index (χ1n) is 6.13. The summed E-state index contributed by atoms with van der Waals surface area (Å²) in [6.45, 7) is 1.26. The summed E-state index contributed by atoms with van der Waals surface area (Å²) < 4.78 is 0. The Kier molecular flexibility index (Phi) is 3.16. The van der Waals surface area contributed by atoms with E-state index in [1.54, 1.807) is 17.5 Å². The van der Waals surface area contributed by atoms with E-state index < -0.39 is 0 Å². The van der Waals surface area contributed by atoms with Crippen LogP contribution in [0, 0.1) is 0 Å². The third-order valence-corrected chi connectivity index (χ3v) is 4.10. The van der Waals surface area contributed by atoms with Crippen molar-refractivity contribution in [3.63, 3.8) is 0 Å². The van der Waals surface area contributed by atoms with E-state index in [0.29, 0.717) is 13.0 Å². The summed E-state index contributed by atoms with van der Waals surface area (Å²) in [5, 5.41) is 1.99. The maximum Gasteiger partial charge on any atom is 0.228 e. The van der Waals surface area contributed by atoms with E-state index in [0.717, 1.165) is 29.1 Å². The van der Waals surface area contributed by atoms with Crippen molar-refractivity contribution in [1.29, 1.82) is 0 Å². The van der Waals surface area contributed by atoms with Crippen molar-refractivity contribution in [2.75, 3.05) is 12.3 Å². The van der Waals surface area contributed by atoms with Gasteiger partial charge in [0.2, 0.25) is 11.9 Å². The van der Waals surface area contributed by atoms with Crippen molar-refractivity contribution in [2.24, 2.45) is 0 Å². The van der Waals surface area contributed by atoms with Gasteiger partial charge in [0.05, 0.1) is 18.7 Å². The summed E-state index contributed by atoms with van der Waals surface area (Å²) in [4.78, 5) is 23.4. The molecular weight excluding hydrogens is 260 g/mol. The highest BCUT2D eigenvalue weighted by atomic mass is 32.1. The van der Waals surface area contributed by atoms with Crippen LogP contribution in [0.2, 0.25) is 0 Å². The quantitative estimate of drug-likeness (QED) is 0.894. The Hall–Kier alpha value is -1.95. The van der Waals surface area contributed by atoms with Crippen LogP contribution in [0.4, 0.5) is 5.95 Å². The van der Waals surface area contributed by atoms with E-state index >= 15 is 0 Å². The fourth-order valence-electron chi connectivity index (χ4n) is 2.21. The Morgan fingerprint density at radius 3 is 3.21 bits per heavy atom. The molecule has 2 aromatic heterocycles. The van der Waals surface area contributed by atoms with Gasteiger partial charge in [-0.05, 0) is 23.4 Å². The molecule has 0 spiro atoms. The van der Waals surface area contributed by atoms with E-state index in [9.17, 15) is 4.79 Å². The molecule has 2 N–H and O–H groups in total. The number of rotatable bonds is 2. The van der Waals surface area contributed by atoms with Crippen molar-refractivity contribution in [3.05, 3.63) is 39.8 Å². The normalized spacial score (nSPS) is 14.2. The first-order chi connectivity index (χ1) is 9.22. The summed E-state index contributed by atoms with van der Waals surface area (Å²) in [7, 11) is 0. The summed E-state index contributed by atoms with van der Waals surface area (Å²) in [6.07, 6.45) is 3.03. The molecule has 0 atom stereocenters. The molecule has 0 aromatic carbocycles. The van der Waals surface area contributed by atoms with Crippen LogP contribution >= 0.6 is 11.3 Å². The maximum absolute atomic E-state index is 12.2. The van der Waals surface area contributed by atoms with E-state index in [1.807, 2.05) is 22.4 Å². The minimum atomic E-state index is 0.144. The number of fused-ring (bicyclic) bond motifs is 1. The predicted octanol–water partition coefficient (Wildman–Crippen LogP) is 1.25. The number of carbonyl (C=O) groups is 1. The fourth-order valence-corrected chi connectivity index (χ4v) is 2.90. The molecule has 0 bridgehead atoms. The van der Waals surface area contributed by atoms with Gasteiger partial charge in [0.1, 0.15) is 0 Å². The highest BCUT2D eigenvalue weighted by Crippen LogP contribution is 2.18. The molecule has 3 rings (SSSR count). The van der Waals surface area contributed by atoms with Gasteiger partial charge in [-0.3, -0.25) is 4.79 Å². The van der Waals surface area contributed by atoms with Crippen LogP contribution in [0.15, 0.2) is 23.7 Å². The minimum absolute atomic E-state index is 0.144. The lowest BCUT2D eigenvalue weighted by molar-refractivity contribution is -0.131. The molecule has 5 nitrogen and oxygen atoms in total. The van der Waals surface area contributed by atoms with Crippen molar-refractivity contribution < 1.29 is 4.79 Å². The summed E-state index contributed by atoms with van der Waals surface area (Å²) in [5.41, 5.74) is 7.55. The van der Waals surface area contributed by atoms with Crippen LogP contribution < -0.4 is 5.73 Å². The van der Waals surface area contributed by atoms with Crippen LogP contribution in [0.1, 0.15) is 16.1 Å². The lowest BCUT2D eigenvalue weighted by Crippen LogP contribution is -2.37. The Morgan fingerprint density at radius 2 is 2.42 bits per heavy atom. The number of carbonyl (C=O) groups excluding carboxylic acids is 1. The number of nitrogen functional groups attached to an aromatic ring is 1. The van der Waals surface area contributed by atoms with Crippen molar-refractivity contribution in [3.8, 4) is 0 Å². The van der Waals surface area contributed by atoms with Gasteiger partial charge in [-0.1, -0.05) is 6.07 Å². The first-order valence-corrected chi connectivity index (χ1v) is 7.01. The molecule has 19 heavy (non-hydrogen) atoms. The Bertz CT molecular complexity index is 597. The van der Waals surface area contributed by atoms with Crippen LogP contribution in [-0.2, 0) is 24.2 Å². The van der Waals surface area contributed by atoms with Crippen LogP contribution in [-0.4, -0.2) is 27.3 Å². The standard InChI is InChI=1S/C13H14N4OS/c14-13-15-7-9-3-4-17(8-11(9)16-13)12(18)6-10-2-1-5-19-10/h1-2,5,7H,3-4,6,8H2,(H2,14,15,16). The SMILES string of the molecule is Nc1ncc2c(n1)CN(C(=O)Cc1cccs1)CC2. The molecular formula is C13H14N4OS. The van der Waals surface area contributed by atoms with Gasteiger partial charge in [0, 0.05) is 17.6 Å². The van der Waals surface area contributed by atoms with Gasteiger partial charge < -0.3 is 10.6 Å². The molecule has 0 saturated heterocycles. The van der Waals surface area contributed by atoms with Gasteiger partial charge in [-0.25, -0.2) is 9.97 Å². The Balaban J connectivity index is 1.72. The molecule has 0 unspecified atom stereocenters. The lowest BCUT2D eigenvalue weighted by Gasteiger charge is -2.27. The number of aromatic nitrogens is 2. The number of thiophene rings is 1. The first kappa shape index (κ1) is 12.1. The molecule has 0 aliphatic carbocycles. The summed E-state index contributed by atoms with van der Waals surface area (Å²) in [6, 6.07) is 3.95. The van der Waals surface area contributed by atoms with E-state index in [2.05, 4.69) is 9.97 Å². The largest absolute Gasteiger partial charge is 0.368 e. The number of amides is 1. The smallest absolute Gasteiger partial charge is 0.228 e. The fraction of sp³-hybridized carbons (Fsp3) is 0.308. The Morgan fingerprint density at radius 1 is 1.53 bits per heavy atom. The molecule has 0 fully saturated rings. The second-order valence-electron chi connectivity index (χ2n) is 4.52. The molecule has 1 aliphatic heterocycles. The van der Waals surface area contributed by atoms with E-state index in [4.69, 9.17) is 5.73 Å². The van der Waals surface area contributed by atoms with Crippen molar-refractivity contribution >= 4 is 23.2 Å². The van der Waals surface area contributed by atoms with Crippen molar-refractivity contribution in [1.82, 2.24) is 14.9 Å². The van der Waals surface area contributed by atoms with Gasteiger partial charge in [0.25, 0.3) is 0 Å². The second-order valence-corrected chi connectivity index (χ2v) is 5.55. The number of hydrogen-bond donors (Lipinski definition) is 1. The van der Waals surface area contributed by atoms with Gasteiger partial charge in [-0.15, -0.1) is 11.3 Å². The predicted molar refractivity (Wildman–Crippen MR) is 73.6 cm³/mol. The molecule has 98 valence electrons. The minimum Gasteiger partial charge on any atom is -0.368 e. The van der Waals surface area contributed by atoms with Gasteiger partial charge >= 0.3 is 0 Å². The average Bonchev–Trinajstić information content (AvgIpc) is 2.90. The Labute approximate surface area is 115 Å². The zero-order chi connectivity index (χ0) is 13.2. The molecule has 6 heteroatoms. The third kappa shape index (κ3) is 2.58. The topological polar surface area (TPSA) is 72.1 Å². The van der Waals surface area contributed by atoms with Gasteiger partial charge in [-0.2, -0.15) is 0 Å². The monoisotopic (exact) mass is 274 g/mol. The highest BCUT2D eigenvalue weighted by Gasteiger charge is 2.22. The number of hydrogen-bond acceptors (Lipinski definition) is 5. The van der Waals surface area contributed by atoms with Crippen LogP contribution in [0.5, 0.6) is 0 Å². The van der Waals surface area contributed by atoms with Gasteiger partial charge in [0.15, 0.2) is 0 Å². The van der Waals surface area contributed by atoms with E-state index in [1.165, 1.54) is 0 Å². The molecule has 0 radical (unpaired) electrons. The zero-order valence-corrected chi connectivity index (χ0v) is 11.2. The zero-order valence-electron chi connectivity index (χ0n) is 10.4. The molecule has 3 heterocycles. The second kappa shape index (κ2) is 4.97. The average molecular weight is 274 g/mol. The number of anilines is 1. The van der Waals surface area contributed by atoms with Crippen molar-refractivity contribution in [2.45, 2.75) is 19.4 Å². The number of nitrogens with two attached hydrogens (primary N) is 1. The van der Waals surface area contributed by atoms with Crippen LogP contribution in [0.25, 0.3) is 0 Å². The molecule has 1 amide bonds. The molecule has 1 aliphatic rings. The third-order valence-electron chi connectivity index (χ3n) is 3.22.